The van der Waals surface area contributed by atoms with Crippen molar-refractivity contribution >= 4 is 22.6 Å². The Morgan fingerprint density at radius 1 is 1.32 bits per heavy atom. The number of rotatable bonds is 2. The Morgan fingerprint density at radius 2 is 2.21 bits per heavy atom. The molecule has 3 unspecified atom stereocenters. The Hall–Kier alpha value is -1.95. The first kappa shape index (κ1) is 10.9. The maximum absolute atomic E-state index is 12.2. The maximum Gasteiger partial charge on any atom is 0.230 e. The highest BCUT2D eigenvalue weighted by Gasteiger charge is 2.44. The molecule has 2 aliphatic heterocycles. The number of aromatic nitrogens is 3. The average molecular weight is 258 g/mol. The topological polar surface area (TPSA) is 79.9 Å². The number of carbonyl (C=O) groups excluding carboxylic acids is 1. The van der Waals surface area contributed by atoms with E-state index in [4.69, 9.17) is 4.74 Å². The third-order valence-electron chi connectivity index (χ3n) is 4.03. The van der Waals surface area contributed by atoms with Gasteiger partial charge in [0.1, 0.15) is 11.0 Å². The van der Waals surface area contributed by atoms with Crippen LogP contribution in [0.3, 0.4) is 0 Å². The Morgan fingerprint density at radius 3 is 3.00 bits per heavy atom. The fraction of sp³-hybridized carbons (Fsp3) is 0.462. The molecule has 0 saturated carbocycles. The summed E-state index contributed by atoms with van der Waals surface area (Å²) in [6.45, 7) is 0. The largest absolute Gasteiger partial charge is 0.374 e. The molecule has 3 atom stereocenters. The standard InChI is InChI=1S/C13H14N4O2/c18-13(9-6-8-2-4-12(9)19-8)14-7-1-3-10-11(5-7)16-17-15-10/h1,3,5,8-9,12H,2,4,6H2,(H,14,18)(H,15,16,17). The molecule has 19 heavy (non-hydrogen) atoms. The molecule has 0 aliphatic carbocycles. The number of nitrogens with one attached hydrogen (secondary N) is 2. The number of H-pyrrole nitrogens is 1. The second kappa shape index (κ2) is 4.03. The number of nitrogens with zero attached hydrogens (tertiary/aromatic N) is 2. The SMILES string of the molecule is O=C(Nc1ccc2n[nH]nc2c1)C1CC2CCC1O2. The van der Waals surface area contributed by atoms with Gasteiger partial charge in [-0.05, 0) is 37.5 Å². The Kier molecular flexibility index (Phi) is 2.32. The summed E-state index contributed by atoms with van der Waals surface area (Å²) in [7, 11) is 0. The highest BCUT2D eigenvalue weighted by molar-refractivity contribution is 5.95. The quantitative estimate of drug-likeness (QED) is 0.854. The number of hydrogen-bond acceptors (Lipinski definition) is 4. The van der Waals surface area contributed by atoms with Crippen LogP contribution in [0, 0.1) is 5.92 Å². The summed E-state index contributed by atoms with van der Waals surface area (Å²) >= 11 is 0. The van der Waals surface area contributed by atoms with E-state index < -0.39 is 0 Å². The van der Waals surface area contributed by atoms with Gasteiger partial charge in [0.05, 0.1) is 18.1 Å². The molecule has 2 saturated heterocycles. The Balaban J connectivity index is 1.52. The van der Waals surface area contributed by atoms with E-state index in [2.05, 4.69) is 20.7 Å². The van der Waals surface area contributed by atoms with Gasteiger partial charge in [-0.25, -0.2) is 0 Å². The number of aromatic amines is 1. The molecule has 2 aromatic rings. The first-order valence-electron chi connectivity index (χ1n) is 6.56. The normalized spacial score (nSPS) is 28.9. The lowest BCUT2D eigenvalue weighted by Crippen LogP contribution is -2.30. The highest BCUT2D eigenvalue weighted by Crippen LogP contribution is 2.39. The molecule has 0 radical (unpaired) electrons. The van der Waals surface area contributed by atoms with E-state index in [0.717, 1.165) is 36.0 Å². The van der Waals surface area contributed by atoms with Gasteiger partial charge in [0.15, 0.2) is 0 Å². The molecule has 6 heteroatoms. The molecule has 1 amide bonds. The van der Waals surface area contributed by atoms with Crippen molar-refractivity contribution in [2.24, 2.45) is 5.92 Å². The molecule has 98 valence electrons. The monoisotopic (exact) mass is 258 g/mol. The summed E-state index contributed by atoms with van der Waals surface area (Å²) in [6.07, 6.45) is 3.35. The first-order valence-corrected chi connectivity index (χ1v) is 6.56. The van der Waals surface area contributed by atoms with Crippen molar-refractivity contribution in [3.8, 4) is 0 Å². The molecule has 2 aliphatic rings. The van der Waals surface area contributed by atoms with Gasteiger partial charge < -0.3 is 10.1 Å². The molecule has 3 heterocycles. The zero-order valence-corrected chi connectivity index (χ0v) is 10.3. The van der Waals surface area contributed by atoms with Crippen molar-refractivity contribution < 1.29 is 9.53 Å². The van der Waals surface area contributed by atoms with Gasteiger partial charge >= 0.3 is 0 Å². The zero-order valence-electron chi connectivity index (χ0n) is 10.3. The predicted molar refractivity (Wildman–Crippen MR) is 68.5 cm³/mol. The second-order valence-electron chi connectivity index (χ2n) is 5.23. The zero-order chi connectivity index (χ0) is 12.8. The second-order valence-corrected chi connectivity index (χ2v) is 5.23. The minimum Gasteiger partial charge on any atom is -0.374 e. The van der Waals surface area contributed by atoms with Gasteiger partial charge in [0.25, 0.3) is 0 Å². The van der Waals surface area contributed by atoms with Crippen molar-refractivity contribution in [2.75, 3.05) is 5.32 Å². The van der Waals surface area contributed by atoms with E-state index >= 15 is 0 Å². The number of hydrogen-bond donors (Lipinski definition) is 2. The van der Waals surface area contributed by atoms with Gasteiger partial charge in [0, 0.05) is 5.69 Å². The van der Waals surface area contributed by atoms with Crippen LogP contribution >= 0.6 is 0 Å². The number of amides is 1. The molecule has 2 bridgehead atoms. The van der Waals surface area contributed by atoms with Crippen LogP contribution in [-0.2, 0) is 9.53 Å². The summed E-state index contributed by atoms with van der Waals surface area (Å²) in [5.74, 6) is 0.0433. The van der Waals surface area contributed by atoms with Crippen LogP contribution < -0.4 is 5.32 Å². The Bertz CT molecular complexity index is 638. The lowest BCUT2D eigenvalue weighted by molar-refractivity contribution is -0.121. The third-order valence-corrected chi connectivity index (χ3v) is 4.03. The number of carbonyl (C=O) groups is 1. The molecule has 1 aromatic carbocycles. The molecule has 0 spiro atoms. The van der Waals surface area contributed by atoms with Crippen LogP contribution in [0.5, 0.6) is 0 Å². The molecule has 2 N–H and O–H groups in total. The Labute approximate surface area is 109 Å². The van der Waals surface area contributed by atoms with Crippen molar-refractivity contribution in [3.05, 3.63) is 18.2 Å². The summed E-state index contributed by atoms with van der Waals surface area (Å²) in [4.78, 5) is 12.2. The van der Waals surface area contributed by atoms with Gasteiger partial charge in [0.2, 0.25) is 5.91 Å². The van der Waals surface area contributed by atoms with Crippen LogP contribution in [0.25, 0.3) is 11.0 Å². The minimum atomic E-state index is -0.00763. The summed E-state index contributed by atoms with van der Waals surface area (Å²) in [5, 5.41) is 13.5. The predicted octanol–water partition coefficient (Wildman–Crippen LogP) is 1.46. The molecule has 4 rings (SSSR count). The molecule has 1 aromatic heterocycles. The van der Waals surface area contributed by atoms with E-state index in [1.807, 2.05) is 18.2 Å². The van der Waals surface area contributed by atoms with E-state index in [9.17, 15) is 4.79 Å². The summed E-state index contributed by atoms with van der Waals surface area (Å²) in [6, 6.07) is 5.51. The van der Waals surface area contributed by atoms with Gasteiger partial charge in [-0.2, -0.15) is 15.4 Å². The third kappa shape index (κ3) is 1.79. The van der Waals surface area contributed by atoms with Gasteiger partial charge in [-0.1, -0.05) is 0 Å². The molecule has 2 fully saturated rings. The van der Waals surface area contributed by atoms with Crippen molar-refractivity contribution in [2.45, 2.75) is 31.5 Å². The number of ether oxygens (including phenoxy) is 1. The summed E-state index contributed by atoms with van der Waals surface area (Å²) < 4.78 is 5.71. The fourth-order valence-corrected chi connectivity index (χ4v) is 3.07. The van der Waals surface area contributed by atoms with E-state index in [-0.39, 0.29) is 17.9 Å². The lowest BCUT2D eigenvalue weighted by atomic mass is 9.88. The summed E-state index contributed by atoms with van der Waals surface area (Å²) in [5.41, 5.74) is 2.30. The maximum atomic E-state index is 12.2. The number of anilines is 1. The van der Waals surface area contributed by atoms with Crippen LogP contribution in [-0.4, -0.2) is 33.5 Å². The van der Waals surface area contributed by atoms with Crippen LogP contribution in [0.15, 0.2) is 18.2 Å². The molecule has 6 nitrogen and oxygen atoms in total. The van der Waals surface area contributed by atoms with Gasteiger partial charge in [-0.3, -0.25) is 4.79 Å². The van der Waals surface area contributed by atoms with Gasteiger partial charge in [-0.15, -0.1) is 0 Å². The van der Waals surface area contributed by atoms with Crippen molar-refractivity contribution in [1.82, 2.24) is 15.4 Å². The lowest BCUT2D eigenvalue weighted by Gasteiger charge is -2.17. The van der Waals surface area contributed by atoms with Crippen LogP contribution in [0.2, 0.25) is 0 Å². The first-order chi connectivity index (χ1) is 9.29. The minimum absolute atomic E-state index is 0.00763. The molecular weight excluding hydrogens is 244 g/mol. The van der Waals surface area contributed by atoms with Crippen LogP contribution in [0.1, 0.15) is 19.3 Å². The number of fused-ring (bicyclic) bond motifs is 3. The average Bonchev–Trinajstić information content (AvgIpc) is 3.13. The van der Waals surface area contributed by atoms with Crippen LogP contribution in [0.4, 0.5) is 5.69 Å². The van der Waals surface area contributed by atoms with E-state index in [0.29, 0.717) is 6.10 Å². The van der Waals surface area contributed by atoms with Crippen molar-refractivity contribution in [3.63, 3.8) is 0 Å². The smallest absolute Gasteiger partial charge is 0.230 e. The fourth-order valence-electron chi connectivity index (χ4n) is 3.07. The van der Waals surface area contributed by atoms with Crippen molar-refractivity contribution in [1.29, 1.82) is 0 Å². The van der Waals surface area contributed by atoms with E-state index in [1.165, 1.54) is 0 Å². The van der Waals surface area contributed by atoms with E-state index in [1.54, 1.807) is 0 Å². The number of benzene rings is 1. The highest BCUT2D eigenvalue weighted by atomic mass is 16.5. The molecular formula is C13H14N4O2.